The van der Waals surface area contributed by atoms with E-state index in [-0.39, 0.29) is 21.1 Å². The SMILES string of the molecule is Cc1cc(-c2ccccn2)[c-]c(-c2ccccn2)c1.O[n+]1c(-c2ccccc2)cccc1-c1ccccc1.[Pt]. The average molecular weight is 689 g/mol. The summed E-state index contributed by atoms with van der Waals surface area (Å²) in [6.45, 7) is 2.08. The fourth-order valence-electron chi connectivity index (χ4n) is 4.19. The van der Waals surface area contributed by atoms with E-state index < -0.39 is 0 Å². The van der Waals surface area contributed by atoms with Gasteiger partial charge in [0.2, 0.25) is 0 Å². The Kier molecular flexibility index (Phi) is 9.50. The summed E-state index contributed by atoms with van der Waals surface area (Å²) in [6, 6.07) is 44.8. The number of rotatable bonds is 4. The summed E-state index contributed by atoms with van der Waals surface area (Å²) in [5, 5.41) is 10.4. The standard InChI is InChI=1S/C17H13N2.C17H14NO.Pt/c1-13-10-14(16-6-2-4-8-18-16)12-15(11-13)17-7-3-5-9-19-17;19-18-16(14-8-3-1-4-9-14)12-7-13-17(18)15-10-5-2-6-11-15;/h2-11H,1H3;1-13,19H;/q-1;+1;. The number of pyridine rings is 3. The molecule has 0 aliphatic rings. The van der Waals surface area contributed by atoms with Gasteiger partial charge in [0.15, 0.2) is 0 Å². The van der Waals surface area contributed by atoms with Crippen molar-refractivity contribution in [2.45, 2.75) is 6.92 Å². The normalized spacial score (nSPS) is 10.1. The summed E-state index contributed by atoms with van der Waals surface area (Å²) in [5.41, 5.74) is 8.59. The van der Waals surface area contributed by atoms with E-state index in [1.54, 1.807) is 12.4 Å². The summed E-state index contributed by atoms with van der Waals surface area (Å²) in [4.78, 5) is 8.75. The van der Waals surface area contributed by atoms with E-state index in [0.29, 0.717) is 0 Å². The molecule has 3 aromatic carbocycles. The van der Waals surface area contributed by atoms with Crippen molar-refractivity contribution in [1.29, 1.82) is 0 Å². The number of hydrogen-bond donors (Lipinski definition) is 1. The van der Waals surface area contributed by atoms with Gasteiger partial charge in [-0.05, 0) is 42.5 Å². The van der Waals surface area contributed by atoms with Gasteiger partial charge in [-0.3, -0.25) is 15.2 Å². The van der Waals surface area contributed by atoms with Gasteiger partial charge >= 0.3 is 0 Å². The van der Waals surface area contributed by atoms with Gasteiger partial charge in [-0.25, -0.2) is 0 Å². The molecule has 0 bridgehead atoms. The number of aryl methyl sites for hydroxylation is 1. The maximum absolute atomic E-state index is 10.4. The fourth-order valence-corrected chi connectivity index (χ4v) is 4.19. The third-order valence-corrected chi connectivity index (χ3v) is 6.00. The van der Waals surface area contributed by atoms with Crippen molar-refractivity contribution in [3.05, 3.63) is 151 Å². The monoisotopic (exact) mass is 688 g/mol. The molecule has 0 unspecified atom stereocenters. The van der Waals surface area contributed by atoms with Crippen molar-refractivity contribution in [2.75, 3.05) is 0 Å². The van der Waals surface area contributed by atoms with Gasteiger partial charge in [0.1, 0.15) is 0 Å². The summed E-state index contributed by atoms with van der Waals surface area (Å²) < 4.78 is 1.24. The van der Waals surface area contributed by atoms with Gasteiger partial charge < -0.3 is 0 Å². The summed E-state index contributed by atoms with van der Waals surface area (Å²) in [5.74, 6) is 0. The predicted molar refractivity (Wildman–Crippen MR) is 151 cm³/mol. The summed E-state index contributed by atoms with van der Waals surface area (Å²) >= 11 is 0. The van der Waals surface area contributed by atoms with Gasteiger partial charge in [0.05, 0.1) is 11.1 Å². The first kappa shape index (κ1) is 27.6. The van der Waals surface area contributed by atoms with Crippen LogP contribution in [-0.2, 0) is 21.1 Å². The third-order valence-electron chi connectivity index (χ3n) is 6.00. The molecule has 3 heterocycles. The van der Waals surface area contributed by atoms with Gasteiger partial charge in [-0.2, -0.15) is 0 Å². The Labute approximate surface area is 243 Å². The second-order valence-corrected chi connectivity index (χ2v) is 8.76. The Morgan fingerprint density at radius 1 is 0.564 bits per heavy atom. The van der Waals surface area contributed by atoms with E-state index >= 15 is 0 Å². The van der Waals surface area contributed by atoms with Crippen LogP contribution in [0.5, 0.6) is 0 Å². The van der Waals surface area contributed by atoms with Crippen molar-refractivity contribution >= 4 is 0 Å². The molecule has 6 rings (SSSR count). The molecule has 0 saturated carbocycles. The first-order valence-corrected chi connectivity index (χ1v) is 12.4. The molecule has 6 aromatic rings. The van der Waals surface area contributed by atoms with E-state index in [1.165, 1.54) is 10.3 Å². The van der Waals surface area contributed by atoms with Crippen LogP contribution < -0.4 is 4.73 Å². The van der Waals surface area contributed by atoms with Crippen molar-refractivity contribution in [3.63, 3.8) is 0 Å². The van der Waals surface area contributed by atoms with Crippen LogP contribution in [0.25, 0.3) is 45.0 Å². The first-order valence-electron chi connectivity index (χ1n) is 12.4. The molecule has 194 valence electrons. The van der Waals surface area contributed by atoms with E-state index in [2.05, 4.69) is 35.1 Å². The van der Waals surface area contributed by atoms with E-state index in [4.69, 9.17) is 0 Å². The Balaban J connectivity index is 0.000000176. The third kappa shape index (κ3) is 6.93. The topological polar surface area (TPSA) is 49.9 Å². The van der Waals surface area contributed by atoms with Crippen molar-refractivity contribution in [1.82, 2.24) is 9.97 Å². The predicted octanol–water partition coefficient (Wildman–Crippen LogP) is 7.46. The molecule has 39 heavy (non-hydrogen) atoms. The smallest absolute Gasteiger partial charge is 0.265 e. The van der Waals surface area contributed by atoms with Gasteiger partial charge in [-0.15, -0.1) is 23.8 Å². The molecular weight excluding hydrogens is 661 g/mol. The molecule has 0 aliphatic carbocycles. The number of nitrogens with zero attached hydrogens (tertiary/aromatic N) is 3. The Hall–Kier alpha value is -4.40. The van der Waals surface area contributed by atoms with E-state index in [0.717, 1.165) is 45.0 Å². The molecule has 0 amide bonds. The minimum atomic E-state index is 0. The van der Waals surface area contributed by atoms with Crippen LogP contribution in [0, 0.1) is 13.0 Å². The van der Waals surface area contributed by atoms with E-state index in [1.807, 2.05) is 115 Å². The van der Waals surface area contributed by atoms with Crippen molar-refractivity contribution in [2.24, 2.45) is 0 Å². The van der Waals surface area contributed by atoms with Crippen LogP contribution in [0.4, 0.5) is 0 Å². The average Bonchev–Trinajstić information content (AvgIpc) is 2.99. The zero-order valence-electron chi connectivity index (χ0n) is 21.4. The van der Waals surface area contributed by atoms with Gasteiger partial charge in [-0.1, -0.05) is 78.7 Å². The fraction of sp³-hybridized carbons (Fsp3) is 0.0294. The van der Waals surface area contributed by atoms with E-state index in [9.17, 15) is 5.21 Å². The second kappa shape index (κ2) is 13.4. The Bertz CT molecular complexity index is 1500. The molecule has 0 spiro atoms. The first-order chi connectivity index (χ1) is 18.7. The van der Waals surface area contributed by atoms with Crippen LogP contribution in [0.3, 0.4) is 0 Å². The number of aromatic nitrogens is 3. The summed E-state index contributed by atoms with van der Waals surface area (Å²) in [6.07, 6.45) is 3.60. The molecule has 0 saturated heterocycles. The Morgan fingerprint density at radius 2 is 1.00 bits per heavy atom. The molecule has 4 nitrogen and oxygen atoms in total. The zero-order valence-corrected chi connectivity index (χ0v) is 23.7. The van der Waals surface area contributed by atoms with Gasteiger partial charge in [0.25, 0.3) is 11.4 Å². The van der Waals surface area contributed by atoms with Crippen LogP contribution in [-0.4, -0.2) is 15.2 Å². The quantitative estimate of drug-likeness (QED) is 0.119. The van der Waals surface area contributed by atoms with Crippen LogP contribution in [0.1, 0.15) is 5.56 Å². The maximum Gasteiger partial charge on any atom is 0.265 e. The number of hydrogen-bond acceptors (Lipinski definition) is 3. The van der Waals surface area contributed by atoms with Crippen LogP contribution in [0.2, 0.25) is 0 Å². The zero-order chi connectivity index (χ0) is 26.2. The molecular formula is C34H27N3OPt. The molecule has 1 N–H and O–H groups in total. The maximum atomic E-state index is 10.4. The van der Waals surface area contributed by atoms with Gasteiger partial charge in [0, 0.05) is 61.7 Å². The van der Waals surface area contributed by atoms with Crippen LogP contribution in [0.15, 0.2) is 140 Å². The number of benzene rings is 3. The van der Waals surface area contributed by atoms with Crippen molar-refractivity contribution in [3.8, 4) is 45.0 Å². The van der Waals surface area contributed by atoms with Crippen molar-refractivity contribution < 1.29 is 31.0 Å². The molecule has 0 aliphatic heterocycles. The minimum absolute atomic E-state index is 0. The molecule has 0 fully saturated rings. The second-order valence-electron chi connectivity index (χ2n) is 8.76. The minimum Gasteiger partial charge on any atom is -0.295 e. The summed E-state index contributed by atoms with van der Waals surface area (Å²) in [7, 11) is 0. The molecule has 0 atom stereocenters. The molecule has 5 heteroatoms. The Morgan fingerprint density at radius 3 is 1.41 bits per heavy atom. The molecule has 3 aromatic heterocycles. The van der Waals surface area contributed by atoms with Crippen LogP contribution >= 0.6 is 0 Å². The molecule has 0 radical (unpaired) electrons. The largest absolute Gasteiger partial charge is 0.295 e.